The Bertz CT molecular complexity index is 738. The number of benzene rings is 1. The Labute approximate surface area is 129 Å². The largest absolute Gasteiger partial charge is 0.438 e. The predicted molar refractivity (Wildman–Crippen MR) is 81.8 cm³/mol. The molecule has 0 atom stereocenters. The van der Waals surface area contributed by atoms with Gasteiger partial charge in [-0.25, -0.2) is 13.1 Å². The molecule has 1 aromatic carbocycles. The third-order valence-corrected chi connectivity index (χ3v) is 4.50. The van der Waals surface area contributed by atoms with Gasteiger partial charge in [-0.15, -0.1) is 0 Å². The molecule has 0 aliphatic rings. The maximum atomic E-state index is 12.4. The number of amides is 1. The topological polar surface area (TPSA) is 79.6 Å². The van der Waals surface area contributed by atoms with Crippen LogP contribution in [-0.2, 0) is 16.6 Å². The molecule has 7 heteroatoms. The van der Waals surface area contributed by atoms with Gasteiger partial charge in [-0.05, 0) is 31.7 Å². The standard InChI is InChI=1S/C15H18N2O4S/c1-3-17(11-12-7-5-4-6-8-12)15(18)13-9-10-14(21-13)22(19,20)16-2/h4-10,16H,3,11H2,1-2H3. The van der Waals surface area contributed by atoms with Gasteiger partial charge in [0.15, 0.2) is 5.76 Å². The van der Waals surface area contributed by atoms with Gasteiger partial charge < -0.3 is 9.32 Å². The number of nitrogens with one attached hydrogen (secondary N) is 1. The number of rotatable bonds is 6. The van der Waals surface area contributed by atoms with Crippen LogP contribution in [0.1, 0.15) is 23.0 Å². The molecular formula is C15H18N2O4S. The van der Waals surface area contributed by atoms with Crippen molar-refractivity contribution in [1.82, 2.24) is 9.62 Å². The highest BCUT2D eigenvalue weighted by atomic mass is 32.2. The van der Waals surface area contributed by atoms with Crippen molar-refractivity contribution in [2.24, 2.45) is 0 Å². The molecule has 0 bridgehead atoms. The average Bonchev–Trinajstić information content (AvgIpc) is 3.03. The van der Waals surface area contributed by atoms with Crippen molar-refractivity contribution in [2.45, 2.75) is 18.6 Å². The number of carbonyl (C=O) groups is 1. The van der Waals surface area contributed by atoms with Crippen LogP contribution >= 0.6 is 0 Å². The third kappa shape index (κ3) is 3.55. The first-order valence-electron chi connectivity index (χ1n) is 6.84. The van der Waals surface area contributed by atoms with E-state index < -0.39 is 10.0 Å². The van der Waals surface area contributed by atoms with E-state index in [1.165, 1.54) is 19.2 Å². The van der Waals surface area contributed by atoms with Gasteiger partial charge in [0.1, 0.15) is 0 Å². The fourth-order valence-electron chi connectivity index (χ4n) is 1.97. The molecule has 1 heterocycles. The van der Waals surface area contributed by atoms with Crippen LogP contribution in [0.2, 0.25) is 0 Å². The van der Waals surface area contributed by atoms with Crippen LogP contribution in [0.25, 0.3) is 0 Å². The lowest BCUT2D eigenvalue weighted by Gasteiger charge is -2.19. The second-order valence-corrected chi connectivity index (χ2v) is 6.45. The number of sulfonamides is 1. The van der Waals surface area contributed by atoms with Crippen LogP contribution in [0.3, 0.4) is 0 Å². The van der Waals surface area contributed by atoms with Crippen molar-refractivity contribution in [1.29, 1.82) is 0 Å². The summed E-state index contributed by atoms with van der Waals surface area (Å²) in [4.78, 5) is 14.0. The summed E-state index contributed by atoms with van der Waals surface area (Å²) in [6.07, 6.45) is 0. The maximum Gasteiger partial charge on any atom is 0.289 e. The van der Waals surface area contributed by atoms with Gasteiger partial charge in [0.25, 0.3) is 15.9 Å². The van der Waals surface area contributed by atoms with E-state index in [0.29, 0.717) is 13.1 Å². The molecule has 0 unspecified atom stereocenters. The smallest absolute Gasteiger partial charge is 0.289 e. The lowest BCUT2D eigenvalue weighted by atomic mass is 10.2. The van der Waals surface area contributed by atoms with E-state index in [2.05, 4.69) is 4.72 Å². The molecule has 0 radical (unpaired) electrons. The highest BCUT2D eigenvalue weighted by Gasteiger charge is 2.22. The van der Waals surface area contributed by atoms with E-state index in [9.17, 15) is 13.2 Å². The van der Waals surface area contributed by atoms with Crippen molar-refractivity contribution in [2.75, 3.05) is 13.6 Å². The first-order chi connectivity index (χ1) is 10.5. The van der Waals surface area contributed by atoms with Gasteiger partial charge in [-0.1, -0.05) is 30.3 Å². The number of hydrogen-bond acceptors (Lipinski definition) is 4. The van der Waals surface area contributed by atoms with E-state index in [0.717, 1.165) is 5.56 Å². The summed E-state index contributed by atoms with van der Waals surface area (Å²) in [6, 6.07) is 12.2. The van der Waals surface area contributed by atoms with Crippen LogP contribution in [0.15, 0.2) is 52.0 Å². The number of nitrogens with zero attached hydrogens (tertiary/aromatic N) is 1. The second-order valence-electron chi connectivity index (χ2n) is 4.63. The summed E-state index contributed by atoms with van der Waals surface area (Å²) in [7, 11) is -2.40. The molecule has 22 heavy (non-hydrogen) atoms. The van der Waals surface area contributed by atoms with E-state index >= 15 is 0 Å². The minimum atomic E-state index is -3.69. The van der Waals surface area contributed by atoms with Gasteiger partial charge in [0.2, 0.25) is 5.09 Å². The Morgan fingerprint density at radius 3 is 2.45 bits per heavy atom. The Kier molecular flexibility index (Phi) is 4.99. The van der Waals surface area contributed by atoms with Crippen LogP contribution in [0.5, 0.6) is 0 Å². The van der Waals surface area contributed by atoms with Gasteiger partial charge in [0, 0.05) is 13.1 Å². The third-order valence-electron chi connectivity index (χ3n) is 3.21. The molecule has 0 aliphatic carbocycles. The lowest BCUT2D eigenvalue weighted by molar-refractivity contribution is 0.0714. The summed E-state index contributed by atoms with van der Waals surface area (Å²) in [5.41, 5.74) is 0.993. The number of carbonyl (C=O) groups excluding carboxylic acids is 1. The van der Waals surface area contributed by atoms with Gasteiger partial charge >= 0.3 is 0 Å². The normalized spacial score (nSPS) is 11.4. The van der Waals surface area contributed by atoms with Crippen molar-refractivity contribution >= 4 is 15.9 Å². The Balaban J connectivity index is 2.19. The van der Waals surface area contributed by atoms with Crippen molar-refractivity contribution in [3.63, 3.8) is 0 Å². The van der Waals surface area contributed by atoms with Gasteiger partial charge in [0.05, 0.1) is 0 Å². The molecule has 6 nitrogen and oxygen atoms in total. The molecule has 0 saturated carbocycles. The first kappa shape index (κ1) is 16.3. The highest BCUT2D eigenvalue weighted by molar-refractivity contribution is 7.89. The fraction of sp³-hybridized carbons (Fsp3) is 0.267. The first-order valence-corrected chi connectivity index (χ1v) is 8.33. The van der Waals surface area contributed by atoms with Crippen molar-refractivity contribution in [3.8, 4) is 0 Å². The summed E-state index contributed by atoms with van der Waals surface area (Å²) in [5.74, 6) is -0.337. The molecule has 0 saturated heterocycles. The number of hydrogen-bond donors (Lipinski definition) is 1. The Hall–Kier alpha value is -2.12. The highest BCUT2D eigenvalue weighted by Crippen LogP contribution is 2.16. The molecule has 1 N–H and O–H groups in total. The van der Waals surface area contributed by atoms with Crippen LogP contribution in [0.4, 0.5) is 0 Å². The van der Waals surface area contributed by atoms with Crippen LogP contribution < -0.4 is 4.72 Å². The molecule has 2 rings (SSSR count). The van der Waals surface area contributed by atoms with Gasteiger partial charge in [-0.2, -0.15) is 0 Å². The Morgan fingerprint density at radius 1 is 1.18 bits per heavy atom. The van der Waals surface area contributed by atoms with Crippen LogP contribution in [0, 0.1) is 0 Å². The van der Waals surface area contributed by atoms with Gasteiger partial charge in [-0.3, -0.25) is 4.79 Å². The molecule has 1 aromatic heterocycles. The quantitative estimate of drug-likeness (QED) is 0.880. The van der Waals surface area contributed by atoms with E-state index in [1.54, 1.807) is 4.90 Å². The molecule has 0 aliphatic heterocycles. The second kappa shape index (κ2) is 6.76. The lowest BCUT2D eigenvalue weighted by Crippen LogP contribution is -2.30. The minimum Gasteiger partial charge on any atom is -0.438 e. The zero-order chi connectivity index (χ0) is 16.2. The molecule has 1 amide bonds. The predicted octanol–water partition coefficient (Wildman–Crippen LogP) is 1.85. The van der Waals surface area contributed by atoms with Crippen molar-refractivity contribution in [3.05, 3.63) is 53.8 Å². The SMILES string of the molecule is CCN(Cc1ccccc1)C(=O)c1ccc(S(=O)(=O)NC)o1. The molecule has 0 spiro atoms. The monoisotopic (exact) mass is 322 g/mol. The van der Waals surface area contributed by atoms with Crippen molar-refractivity contribution < 1.29 is 17.6 Å². The molecular weight excluding hydrogens is 304 g/mol. The summed E-state index contributed by atoms with van der Waals surface area (Å²) < 4.78 is 30.6. The molecule has 118 valence electrons. The zero-order valence-electron chi connectivity index (χ0n) is 12.4. The molecule has 0 fully saturated rings. The van der Waals surface area contributed by atoms with E-state index in [4.69, 9.17) is 4.42 Å². The Morgan fingerprint density at radius 2 is 1.86 bits per heavy atom. The summed E-state index contributed by atoms with van der Waals surface area (Å²) in [5, 5.41) is -0.269. The fourth-order valence-corrected chi connectivity index (χ4v) is 2.61. The summed E-state index contributed by atoms with van der Waals surface area (Å²) in [6.45, 7) is 2.78. The van der Waals surface area contributed by atoms with E-state index in [1.807, 2.05) is 37.3 Å². The van der Waals surface area contributed by atoms with E-state index in [-0.39, 0.29) is 16.8 Å². The molecule has 2 aromatic rings. The average molecular weight is 322 g/mol. The summed E-state index contributed by atoms with van der Waals surface area (Å²) >= 11 is 0. The minimum absolute atomic E-state index is 0.00612. The maximum absolute atomic E-state index is 12.4. The van der Waals surface area contributed by atoms with Crippen LogP contribution in [-0.4, -0.2) is 32.8 Å². The number of furan rings is 1. The zero-order valence-corrected chi connectivity index (χ0v) is 13.3.